The van der Waals surface area contributed by atoms with Gasteiger partial charge in [0.05, 0.1) is 6.04 Å². The van der Waals surface area contributed by atoms with Crippen LogP contribution in [0.1, 0.15) is 22.7 Å². The molecule has 0 saturated heterocycles. The second kappa shape index (κ2) is 7.13. The summed E-state index contributed by atoms with van der Waals surface area (Å²) in [6, 6.07) is 19.2. The lowest BCUT2D eigenvalue weighted by Gasteiger charge is -2.37. The molecule has 0 aliphatic carbocycles. The van der Waals surface area contributed by atoms with Crippen molar-refractivity contribution in [3.05, 3.63) is 89.2 Å². The summed E-state index contributed by atoms with van der Waals surface area (Å²) in [5, 5.41) is 2.96. The van der Waals surface area contributed by atoms with E-state index in [0.29, 0.717) is 23.7 Å². The van der Waals surface area contributed by atoms with Crippen molar-refractivity contribution in [3.8, 4) is 11.5 Å². The van der Waals surface area contributed by atoms with Gasteiger partial charge in [0.1, 0.15) is 5.82 Å². The van der Waals surface area contributed by atoms with Gasteiger partial charge in [0.2, 0.25) is 6.79 Å². The molecule has 3 aromatic carbocycles. The normalized spacial score (nSPS) is 17.0. The van der Waals surface area contributed by atoms with Gasteiger partial charge in [-0.1, -0.05) is 36.4 Å². The van der Waals surface area contributed by atoms with Gasteiger partial charge in [-0.3, -0.25) is 0 Å². The molecule has 0 aromatic heterocycles. The zero-order valence-corrected chi connectivity index (χ0v) is 15.6. The van der Waals surface area contributed by atoms with Crippen LogP contribution in [0.3, 0.4) is 0 Å². The third kappa shape index (κ3) is 3.27. The fraction of sp³-hybridized carbons (Fsp3) is 0.174. The summed E-state index contributed by atoms with van der Waals surface area (Å²) in [4.78, 5) is 15.0. The van der Waals surface area contributed by atoms with Gasteiger partial charge in [-0.05, 0) is 47.4 Å². The van der Waals surface area contributed by atoms with Gasteiger partial charge in [0.25, 0.3) is 0 Å². The Morgan fingerprint density at radius 3 is 2.66 bits per heavy atom. The van der Waals surface area contributed by atoms with Crippen molar-refractivity contribution in [1.82, 2.24) is 4.90 Å². The molecule has 1 unspecified atom stereocenters. The molecule has 0 saturated carbocycles. The highest BCUT2D eigenvalue weighted by molar-refractivity contribution is 5.90. The molecule has 2 aliphatic rings. The first-order valence-electron chi connectivity index (χ1n) is 9.49. The summed E-state index contributed by atoms with van der Waals surface area (Å²) >= 11 is 0. The van der Waals surface area contributed by atoms with Gasteiger partial charge in [-0.15, -0.1) is 0 Å². The molecule has 0 spiro atoms. The van der Waals surface area contributed by atoms with E-state index < -0.39 is 0 Å². The monoisotopic (exact) mass is 390 g/mol. The molecule has 5 nitrogen and oxygen atoms in total. The van der Waals surface area contributed by atoms with Crippen molar-refractivity contribution in [1.29, 1.82) is 0 Å². The number of rotatable bonds is 2. The minimum absolute atomic E-state index is 0.183. The van der Waals surface area contributed by atoms with Crippen LogP contribution in [-0.4, -0.2) is 24.3 Å². The molecule has 0 bridgehead atoms. The van der Waals surface area contributed by atoms with Crippen LogP contribution in [0.2, 0.25) is 0 Å². The number of ether oxygens (including phenoxy) is 2. The maximum atomic E-state index is 13.5. The fourth-order valence-corrected chi connectivity index (χ4v) is 3.96. The van der Waals surface area contributed by atoms with Crippen molar-refractivity contribution in [2.75, 3.05) is 18.7 Å². The summed E-state index contributed by atoms with van der Waals surface area (Å²) in [6.45, 7) is 0.748. The van der Waals surface area contributed by atoms with E-state index in [1.807, 2.05) is 18.2 Å². The average Bonchev–Trinajstić information content (AvgIpc) is 3.21. The van der Waals surface area contributed by atoms with Gasteiger partial charge in [0.15, 0.2) is 11.5 Å². The predicted molar refractivity (Wildman–Crippen MR) is 107 cm³/mol. The quantitative estimate of drug-likeness (QED) is 0.688. The molecule has 1 atom stereocenters. The number of carbonyl (C=O) groups is 1. The van der Waals surface area contributed by atoms with Crippen LogP contribution in [0.4, 0.5) is 14.9 Å². The van der Waals surface area contributed by atoms with E-state index in [9.17, 15) is 9.18 Å². The van der Waals surface area contributed by atoms with Gasteiger partial charge in [0, 0.05) is 18.3 Å². The average molecular weight is 390 g/mol. The lowest BCUT2D eigenvalue weighted by Crippen LogP contribution is -2.43. The van der Waals surface area contributed by atoms with Gasteiger partial charge in [-0.2, -0.15) is 0 Å². The zero-order chi connectivity index (χ0) is 19.8. The van der Waals surface area contributed by atoms with Crippen LogP contribution < -0.4 is 14.8 Å². The van der Waals surface area contributed by atoms with E-state index in [-0.39, 0.29) is 24.7 Å². The first-order valence-corrected chi connectivity index (χ1v) is 9.49. The number of amides is 2. The summed E-state index contributed by atoms with van der Waals surface area (Å²) in [6.07, 6.45) is 0.766. The maximum Gasteiger partial charge on any atom is 0.322 e. The Balaban J connectivity index is 1.47. The first-order chi connectivity index (χ1) is 14.2. The molecular formula is C23H19FN2O3. The Morgan fingerprint density at radius 1 is 1.00 bits per heavy atom. The van der Waals surface area contributed by atoms with Crippen molar-refractivity contribution in [2.45, 2.75) is 12.5 Å². The Kier molecular flexibility index (Phi) is 4.31. The van der Waals surface area contributed by atoms with Crippen molar-refractivity contribution >= 4 is 11.7 Å². The molecule has 0 fully saturated rings. The highest BCUT2D eigenvalue weighted by atomic mass is 19.1. The number of carbonyl (C=O) groups excluding carboxylic acids is 1. The van der Waals surface area contributed by atoms with Crippen LogP contribution >= 0.6 is 0 Å². The number of halogens is 1. The van der Waals surface area contributed by atoms with Crippen molar-refractivity contribution in [2.24, 2.45) is 0 Å². The van der Waals surface area contributed by atoms with Gasteiger partial charge >= 0.3 is 6.03 Å². The number of hydrogen-bond donors (Lipinski definition) is 1. The van der Waals surface area contributed by atoms with E-state index >= 15 is 0 Å². The number of nitrogens with one attached hydrogen (secondary N) is 1. The molecule has 2 heterocycles. The molecular weight excluding hydrogens is 371 g/mol. The van der Waals surface area contributed by atoms with Crippen LogP contribution in [0.15, 0.2) is 66.7 Å². The van der Waals surface area contributed by atoms with E-state index in [1.54, 1.807) is 35.2 Å². The summed E-state index contributed by atoms with van der Waals surface area (Å²) < 4.78 is 24.2. The smallest absolute Gasteiger partial charge is 0.322 e. The number of nitrogens with zero attached hydrogens (tertiary/aromatic N) is 1. The standard InChI is InChI=1S/C23H19FN2O3/c24-17-7-5-16(6-8-17)22-19-4-2-1-3-15(19)11-12-26(22)23(27)25-18-9-10-20-21(13-18)29-14-28-20/h1-10,13,22H,11-12,14H2,(H,25,27). The summed E-state index contributed by atoms with van der Waals surface area (Å²) in [5.74, 6) is 0.982. The summed E-state index contributed by atoms with van der Waals surface area (Å²) in [7, 11) is 0. The second-order valence-corrected chi connectivity index (χ2v) is 7.09. The number of fused-ring (bicyclic) bond motifs is 2. The fourth-order valence-electron chi connectivity index (χ4n) is 3.96. The molecule has 29 heavy (non-hydrogen) atoms. The zero-order valence-electron chi connectivity index (χ0n) is 15.6. The van der Waals surface area contributed by atoms with Crippen LogP contribution in [0.5, 0.6) is 11.5 Å². The number of benzene rings is 3. The van der Waals surface area contributed by atoms with E-state index in [2.05, 4.69) is 11.4 Å². The number of urea groups is 1. The second-order valence-electron chi connectivity index (χ2n) is 7.09. The van der Waals surface area contributed by atoms with Gasteiger partial charge in [-0.25, -0.2) is 9.18 Å². The molecule has 146 valence electrons. The third-order valence-corrected chi connectivity index (χ3v) is 5.35. The van der Waals surface area contributed by atoms with E-state index in [1.165, 1.54) is 17.7 Å². The Hall–Kier alpha value is -3.54. The minimum atomic E-state index is -0.297. The van der Waals surface area contributed by atoms with Crippen LogP contribution in [0, 0.1) is 5.82 Å². The molecule has 2 aliphatic heterocycles. The molecule has 0 radical (unpaired) electrons. The predicted octanol–water partition coefficient (Wildman–Crippen LogP) is 4.73. The first kappa shape index (κ1) is 17.6. The highest BCUT2D eigenvalue weighted by Gasteiger charge is 2.32. The lowest BCUT2D eigenvalue weighted by atomic mass is 9.88. The lowest BCUT2D eigenvalue weighted by molar-refractivity contribution is 0.174. The Labute approximate surface area is 167 Å². The molecule has 3 aromatic rings. The minimum Gasteiger partial charge on any atom is -0.454 e. The SMILES string of the molecule is O=C(Nc1ccc2c(c1)OCO2)N1CCc2ccccc2C1c1ccc(F)cc1. The van der Waals surface area contributed by atoms with Crippen molar-refractivity contribution in [3.63, 3.8) is 0 Å². The number of hydrogen-bond acceptors (Lipinski definition) is 3. The van der Waals surface area contributed by atoms with Gasteiger partial charge < -0.3 is 19.7 Å². The molecule has 2 amide bonds. The molecule has 5 rings (SSSR count). The largest absolute Gasteiger partial charge is 0.454 e. The third-order valence-electron chi connectivity index (χ3n) is 5.35. The van der Waals surface area contributed by atoms with E-state index in [4.69, 9.17) is 9.47 Å². The maximum absolute atomic E-state index is 13.5. The topological polar surface area (TPSA) is 50.8 Å². The molecule has 1 N–H and O–H groups in total. The molecule has 6 heteroatoms. The summed E-state index contributed by atoms with van der Waals surface area (Å²) in [5.41, 5.74) is 3.77. The van der Waals surface area contributed by atoms with Crippen molar-refractivity contribution < 1.29 is 18.7 Å². The number of anilines is 1. The Bertz CT molecular complexity index is 1070. The highest BCUT2D eigenvalue weighted by Crippen LogP contribution is 2.37. The van der Waals surface area contributed by atoms with Crippen LogP contribution in [0.25, 0.3) is 0 Å². The van der Waals surface area contributed by atoms with Crippen LogP contribution in [-0.2, 0) is 6.42 Å². The Morgan fingerprint density at radius 2 is 1.79 bits per heavy atom. The van der Waals surface area contributed by atoms with E-state index in [0.717, 1.165) is 17.5 Å².